The van der Waals surface area contributed by atoms with Gasteiger partial charge in [-0.2, -0.15) is 0 Å². The minimum absolute atomic E-state index is 0.0157. The molecule has 0 aliphatic heterocycles. The Morgan fingerprint density at radius 1 is 0.324 bits per heavy atom. The van der Waals surface area contributed by atoms with Crippen LogP contribution in [0.5, 0.6) is 0 Å². The van der Waals surface area contributed by atoms with Crippen molar-refractivity contribution in [2.24, 2.45) is 5.41 Å². The molecule has 3 rings (SSSR count). The Balaban J connectivity index is 1.26. The molecule has 0 aliphatic rings. The Kier molecular flexibility index (Phi) is 61.7. The van der Waals surface area contributed by atoms with Crippen molar-refractivity contribution in [1.82, 2.24) is 5.32 Å². The molecular weight excluding hydrogens is 1380 g/mol. The van der Waals surface area contributed by atoms with Gasteiger partial charge in [-0.25, -0.2) is 0 Å². The number of esters is 1. The van der Waals surface area contributed by atoms with Gasteiger partial charge in [0.25, 0.3) is 0 Å². The second-order valence-corrected chi connectivity index (χ2v) is 32.3. The summed E-state index contributed by atoms with van der Waals surface area (Å²) in [5.74, 6) is -1.62. The lowest BCUT2D eigenvalue weighted by Crippen LogP contribution is -2.48. The summed E-state index contributed by atoms with van der Waals surface area (Å²) in [6, 6.07) is 29.5. The van der Waals surface area contributed by atoms with E-state index in [1.807, 2.05) is 91.0 Å². The quantitative estimate of drug-likeness (QED) is 0.0230. The van der Waals surface area contributed by atoms with Crippen LogP contribution in [-0.4, -0.2) is 214 Å². The van der Waals surface area contributed by atoms with Crippen LogP contribution >= 0.6 is 14.7 Å². The lowest BCUT2D eigenvalue weighted by atomic mass is 9.76. The van der Waals surface area contributed by atoms with Crippen molar-refractivity contribution in [2.75, 3.05) is 191 Å². The van der Waals surface area contributed by atoms with Gasteiger partial charge >= 0.3 is 11.9 Å². The van der Waals surface area contributed by atoms with Crippen LogP contribution in [0.3, 0.4) is 0 Å². The molecule has 22 nitrogen and oxygen atoms in total. The molecule has 0 spiro atoms. The van der Waals surface area contributed by atoms with Crippen molar-refractivity contribution in [3.05, 3.63) is 108 Å². The van der Waals surface area contributed by atoms with Crippen molar-refractivity contribution >= 4 is 32.6 Å². The van der Waals surface area contributed by atoms with E-state index in [1.165, 1.54) is 64.2 Å². The first-order valence-corrected chi connectivity index (χ1v) is 44.1. The molecule has 0 bridgehead atoms. The number of rotatable bonds is 79. The molecule has 2 atom stereocenters. The molecule has 3 aromatic rings. The number of carboxylic acids is 1. The summed E-state index contributed by atoms with van der Waals surface area (Å²) in [6.07, 6.45) is 28.1. The highest BCUT2D eigenvalue weighted by Crippen LogP contribution is 2.45. The van der Waals surface area contributed by atoms with Crippen molar-refractivity contribution < 1.29 is 99.2 Å². The highest BCUT2D eigenvalue weighted by Gasteiger charge is 2.46. The highest BCUT2D eigenvalue weighted by molar-refractivity contribution is 7.58. The van der Waals surface area contributed by atoms with E-state index in [2.05, 4.69) is 5.32 Å². The van der Waals surface area contributed by atoms with Crippen LogP contribution in [0.25, 0.3) is 0 Å². The molecular formula is C81H137NO21P2. The molecule has 0 fully saturated rings. The number of benzene rings is 3. The van der Waals surface area contributed by atoms with Crippen LogP contribution in [0, 0.1) is 5.41 Å². The molecule has 0 saturated carbocycles. The molecule has 0 heterocycles. The number of ether oxygens (including phenoxy) is 13. The smallest absolute Gasteiger partial charge is 0.321 e. The minimum atomic E-state index is -2.60. The fourth-order valence-electron chi connectivity index (χ4n) is 11.5. The maximum Gasteiger partial charge on any atom is 0.321 e. The average Bonchev–Trinajstić information content (AvgIpc) is 0.810. The number of carbonyl (C=O) groups is 3. The van der Waals surface area contributed by atoms with E-state index in [4.69, 9.17) is 75.7 Å². The number of hydrogen-bond acceptors (Lipinski definition) is 20. The number of amides is 1. The zero-order valence-electron chi connectivity index (χ0n) is 64.5. The van der Waals surface area contributed by atoms with Crippen LogP contribution in [0.1, 0.15) is 190 Å². The topological polar surface area (TPSA) is 256 Å². The molecule has 105 heavy (non-hydrogen) atoms. The summed E-state index contributed by atoms with van der Waals surface area (Å²) in [5, 5.41) is 11.7. The van der Waals surface area contributed by atoms with Gasteiger partial charge in [-0.3, -0.25) is 23.5 Å². The normalized spacial score (nSPS) is 13.4. The van der Waals surface area contributed by atoms with Crippen LogP contribution in [-0.2, 0) is 114 Å². The molecule has 1 amide bonds. The van der Waals surface area contributed by atoms with Gasteiger partial charge in [0, 0.05) is 32.2 Å². The Labute approximate surface area is 631 Å². The maximum atomic E-state index is 14.6. The maximum absolute atomic E-state index is 14.6. The Morgan fingerprint density at radius 2 is 0.562 bits per heavy atom. The molecule has 0 aromatic heterocycles. The number of nitrogens with one attached hydrogen (secondary N) is 1. The summed E-state index contributed by atoms with van der Waals surface area (Å²) < 4.78 is 110. The molecule has 2 unspecified atom stereocenters. The minimum Gasteiger partial charge on any atom is -0.481 e. The predicted octanol–water partition coefficient (Wildman–Crippen LogP) is 15.9. The van der Waals surface area contributed by atoms with Gasteiger partial charge in [-0.05, 0) is 42.4 Å². The zero-order chi connectivity index (χ0) is 75.2. The first kappa shape index (κ1) is 95.2. The van der Waals surface area contributed by atoms with Gasteiger partial charge in [-0.1, -0.05) is 232 Å². The lowest BCUT2D eigenvalue weighted by molar-refractivity contribution is -0.164. The largest absolute Gasteiger partial charge is 0.481 e. The van der Waals surface area contributed by atoms with E-state index >= 15 is 0 Å². The van der Waals surface area contributed by atoms with Gasteiger partial charge in [0.05, 0.1) is 178 Å². The Bertz CT molecular complexity index is 2470. The van der Waals surface area contributed by atoms with Crippen LogP contribution < -0.4 is 5.32 Å². The number of carbonyl (C=O) groups excluding carboxylic acids is 2. The molecule has 0 radical (unpaired) electrons. The first-order chi connectivity index (χ1) is 51.4. The summed E-state index contributed by atoms with van der Waals surface area (Å²) in [6.45, 7) is 14.6. The average molecular weight is 1520 g/mol. The molecule has 2 N–H and O–H groups in total. The Morgan fingerprint density at radius 3 is 0.838 bits per heavy atom. The van der Waals surface area contributed by atoms with E-state index in [1.54, 1.807) is 13.3 Å². The number of hydrogen-bond donors (Lipinski definition) is 2. The molecule has 602 valence electrons. The SMILES string of the molecule is CP(=O)(CCCCCCCCCCCCCCC(CCCCCCCCCCCCCCP(C)(=O)OCc1ccccc1)(C(=O)NCCOCCOCCOCCOCCOCCOCCOCCOCCOCCOCCOCCOCCC(=O)O)C(=O)OCc1ccccc1)OCc1ccccc1. The van der Waals surface area contributed by atoms with Crippen LogP contribution in [0.2, 0.25) is 0 Å². The third-order valence-corrected chi connectivity index (χ3v) is 21.3. The van der Waals surface area contributed by atoms with E-state index in [9.17, 15) is 23.5 Å². The first-order valence-electron chi connectivity index (χ1n) is 39.5. The predicted molar refractivity (Wildman–Crippen MR) is 413 cm³/mol. The van der Waals surface area contributed by atoms with Gasteiger partial charge in [0.2, 0.25) is 20.6 Å². The summed E-state index contributed by atoms with van der Waals surface area (Å²) in [7, 11) is -5.20. The van der Waals surface area contributed by atoms with Gasteiger partial charge in [-0.15, -0.1) is 0 Å². The third kappa shape index (κ3) is 57.7. The molecule has 3 aromatic carbocycles. The monoisotopic (exact) mass is 1520 g/mol. The molecule has 0 saturated heterocycles. The van der Waals surface area contributed by atoms with E-state index in [-0.39, 0.29) is 38.7 Å². The second kappa shape index (κ2) is 68.0. The van der Waals surface area contributed by atoms with Crippen molar-refractivity contribution in [2.45, 2.75) is 193 Å². The lowest BCUT2D eigenvalue weighted by Gasteiger charge is -2.31. The standard InChI is InChI=1S/C81H137NO21P2/c1-104(87,102-73-76-38-28-24-29-39-76)70-34-21-17-13-9-5-3-7-11-15-19-32-43-81(80(86)101-72-75-36-26-23-27-37-75,44-33-20-16-12-8-4-6-10-14-18-22-35-71-105(2,88)103-74-77-40-30-25-31-41-77)79(85)82-45-47-90-49-51-92-53-55-94-57-59-96-61-63-98-65-67-100-69-68-99-66-64-97-62-60-95-58-56-93-54-52-91-50-48-89-46-42-78(83)84/h23-31,36-41H,3-22,32-35,42-74H2,1-2H3,(H,82,85)(H,83,84). The zero-order valence-corrected chi connectivity index (χ0v) is 66.3. The summed E-state index contributed by atoms with van der Waals surface area (Å²) in [5.41, 5.74) is 1.67. The van der Waals surface area contributed by atoms with E-state index in [0.29, 0.717) is 184 Å². The van der Waals surface area contributed by atoms with Crippen molar-refractivity contribution in [1.29, 1.82) is 0 Å². The number of aliphatic carboxylic acids is 1. The van der Waals surface area contributed by atoms with Crippen LogP contribution in [0.4, 0.5) is 0 Å². The second-order valence-electron chi connectivity index (χ2n) is 26.9. The number of carboxylic acid groups (broad SMARTS) is 1. The van der Waals surface area contributed by atoms with Gasteiger partial charge in [0.15, 0.2) is 0 Å². The third-order valence-electron chi connectivity index (χ3n) is 17.7. The van der Waals surface area contributed by atoms with Crippen LogP contribution in [0.15, 0.2) is 91.0 Å². The van der Waals surface area contributed by atoms with E-state index < -0.39 is 32.1 Å². The van der Waals surface area contributed by atoms with E-state index in [0.717, 1.165) is 107 Å². The molecule has 24 heteroatoms. The molecule has 0 aliphatic carbocycles. The van der Waals surface area contributed by atoms with Crippen molar-refractivity contribution in [3.63, 3.8) is 0 Å². The summed E-state index contributed by atoms with van der Waals surface area (Å²) in [4.78, 5) is 39.5. The fourth-order valence-corrected chi connectivity index (χ4v) is 14.2. The highest BCUT2D eigenvalue weighted by atomic mass is 31.2. The number of unbranched alkanes of at least 4 members (excludes halogenated alkanes) is 22. The fraction of sp³-hybridized carbons (Fsp3) is 0.741. The van der Waals surface area contributed by atoms with Gasteiger partial charge < -0.3 is 81.1 Å². The van der Waals surface area contributed by atoms with Gasteiger partial charge in [0.1, 0.15) is 12.0 Å². The van der Waals surface area contributed by atoms with Crippen molar-refractivity contribution in [3.8, 4) is 0 Å². The Hall–Kier alpha value is -4.03. The summed E-state index contributed by atoms with van der Waals surface area (Å²) >= 11 is 0.